The molecule has 0 amide bonds. The van der Waals surface area contributed by atoms with Crippen molar-refractivity contribution in [2.75, 3.05) is 7.11 Å². The van der Waals surface area contributed by atoms with Gasteiger partial charge in [-0.3, -0.25) is 0 Å². The average Bonchev–Trinajstić information content (AvgIpc) is 3.01. The van der Waals surface area contributed by atoms with E-state index in [9.17, 15) is 0 Å². The molecule has 0 aromatic carbocycles. The van der Waals surface area contributed by atoms with Gasteiger partial charge < -0.3 is 4.74 Å². The van der Waals surface area contributed by atoms with Gasteiger partial charge in [0.2, 0.25) is 5.88 Å². The van der Waals surface area contributed by atoms with Crippen LogP contribution >= 0.6 is 11.6 Å². The maximum atomic E-state index is 6.11. The van der Waals surface area contributed by atoms with Gasteiger partial charge in [0.15, 0.2) is 5.82 Å². The molecule has 0 saturated heterocycles. The van der Waals surface area contributed by atoms with Crippen molar-refractivity contribution in [1.29, 1.82) is 0 Å². The van der Waals surface area contributed by atoms with Crippen LogP contribution in [-0.4, -0.2) is 27.3 Å². The summed E-state index contributed by atoms with van der Waals surface area (Å²) in [6.45, 7) is 0. The molecule has 0 unspecified atom stereocenters. The molecule has 6 heteroatoms. The van der Waals surface area contributed by atoms with Crippen molar-refractivity contribution in [1.82, 2.24) is 20.2 Å². The van der Waals surface area contributed by atoms with Gasteiger partial charge in [0.25, 0.3) is 0 Å². The Morgan fingerprint density at radius 1 is 1.15 bits per heavy atom. The minimum absolute atomic E-state index is 0.453. The molecular formula is C14H15ClN4O. The zero-order valence-electron chi connectivity index (χ0n) is 11.2. The van der Waals surface area contributed by atoms with Gasteiger partial charge in [0, 0.05) is 17.7 Å². The molecule has 0 atom stereocenters. The van der Waals surface area contributed by atoms with Gasteiger partial charge in [0.05, 0.1) is 7.11 Å². The second-order valence-corrected chi connectivity index (χ2v) is 5.27. The third-order valence-electron chi connectivity index (χ3n) is 3.57. The monoisotopic (exact) mass is 290 g/mol. The highest BCUT2D eigenvalue weighted by molar-refractivity contribution is 6.29. The molecule has 3 rings (SSSR count). The van der Waals surface area contributed by atoms with Crippen LogP contribution in [0.5, 0.6) is 5.88 Å². The van der Waals surface area contributed by atoms with E-state index in [2.05, 4.69) is 20.2 Å². The Hall–Kier alpha value is -1.75. The lowest BCUT2D eigenvalue weighted by Gasteiger charge is -2.10. The highest BCUT2D eigenvalue weighted by Crippen LogP contribution is 2.34. The van der Waals surface area contributed by atoms with Crippen molar-refractivity contribution in [3.63, 3.8) is 0 Å². The van der Waals surface area contributed by atoms with E-state index < -0.39 is 0 Å². The molecule has 104 valence electrons. The first-order chi connectivity index (χ1) is 9.76. The molecule has 5 nitrogen and oxygen atoms in total. The van der Waals surface area contributed by atoms with E-state index in [-0.39, 0.29) is 0 Å². The maximum absolute atomic E-state index is 6.11. The van der Waals surface area contributed by atoms with Gasteiger partial charge in [-0.25, -0.2) is 9.97 Å². The minimum atomic E-state index is 0.453. The zero-order valence-corrected chi connectivity index (χ0v) is 12.0. The summed E-state index contributed by atoms with van der Waals surface area (Å²) in [7, 11) is 1.55. The Morgan fingerprint density at radius 3 is 2.60 bits per heavy atom. The van der Waals surface area contributed by atoms with Crippen LogP contribution in [-0.2, 0) is 0 Å². The lowest BCUT2D eigenvalue weighted by molar-refractivity contribution is 0.392. The van der Waals surface area contributed by atoms with Gasteiger partial charge in [-0.15, -0.1) is 10.2 Å². The van der Waals surface area contributed by atoms with Crippen LogP contribution in [0.15, 0.2) is 18.2 Å². The molecule has 1 saturated carbocycles. The summed E-state index contributed by atoms with van der Waals surface area (Å²) in [4.78, 5) is 8.84. The van der Waals surface area contributed by atoms with Gasteiger partial charge in [-0.05, 0) is 25.0 Å². The van der Waals surface area contributed by atoms with Crippen molar-refractivity contribution in [3.05, 3.63) is 29.0 Å². The Balaban J connectivity index is 1.95. The first kappa shape index (κ1) is 13.2. The van der Waals surface area contributed by atoms with E-state index in [1.54, 1.807) is 19.2 Å². The van der Waals surface area contributed by atoms with E-state index in [1.807, 2.05) is 6.07 Å². The smallest absolute Gasteiger partial charge is 0.233 e. The van der Waals surface area contributed by atoms with E-state index in [0.29, 0.717) is 28.5 Å². The first-order valence-corrected chi connectivity index (χ1v) is 7.06. The fourth-order valence-corrected chi connectivity index (χ4v) is 2.72. The highest BCUT2D eigenvalue weighted by atomic mass is 35.5. The van der Waals surface area contributed by atoms with Crippen LogP contribution in [0, 0.1) is 0 Å². The summed E-state index contributed by atoms with van der Waals surface area (Å²) in [5.74, 6) is 1.47. The van der Waals surface area contributed by atoms with Crippen molar-refractivity contribution in [2.24, 2.45) is 0 Å². The maximum Gasteiger partial charge on any atom is 0.233 e. The van der Waals surface area contributed by atoms with Crippen LogP contribution in [0.4, 0.5) is 0 Å². The predicted octanol–water partition coefficient (Wildman–Crippen LogP) is 3.25. The summed E-state index contributed by atoms with van der Waals surface area (Å²) in [5, 5.41) is 8.46. The van der Waals surface area contributed by atoms with Crippen molar-refractivity contribution >= 4 is 11.6 Å². The van der Waals surface area contributed by atoms with Crippen molar-refractivity contribution < 1.29 is 4.74 Å². The quantitative estimate of drug-likeness (QED) is 0.812. The zero-order chi connectivity index (χ0) is 13.9. The van der Waals surface area contributed by atoms with Crippen LogP contribution in [0.3, 0.4) is 0 Å². The predicted molar refractivity (Wildman–Crippen MR) is 75.8 cm³/mol. The Labute approximate surface area is 122 Å². The van der Waals surface area contributed by atoms with Gasteiger partial charge >= 0.3 is 0 Å². The van der Waals surface area contributed by atoms with Crippen molar-refractivity contribution in [3.8, 4) is 17.4 Å². The van der Waals surface area contributed by atoms with E-state index in [0.717, 1.165) is 5.69 Å². The molecule has 20 heavy (non-hydrogen) atoms. The largest absolute Gasteiger partial charge is 0.480 e. The van der Waals surface area contributed by atoms with Crippen molar-refractivity contribution in [2.45, 2.75) is 31.6 Å². The molecule has 2 aromatic rings. The van der Waals surface area contributed by atoms with E-state index in [1.165, 1.54) is 25.7 Å². The number of rotatable bonds is 3. The summed E-state index contributed by atoms with van der Waals surface area (Å²) in [6.07, 6.45) is 4.84. The molecule has 0 bridgehead atoms. The number of methoxy groups -OCH3 is 1. The number of halogens is 1. The molecule has 0 N–H and O–H groups in total. The third-order valence-corrected chi connectivity index (χ3v) is 3.76. The van der Waals surface area contributed by atoms with Crippen LogP contribution < -0.4 is 4.74 Å². The average molecular weight is 291 g/mol. The normalized spacial score (nSPS) is 15.5. The molecule has 0 aliphatic heterocycles. The van der Waals surface area contributed by atoms with Gasteiger partial charge in [-0.1, -0.05) is 24.4 Å². The highest BCUT2D eigenvalue weighted by Gasteiger charge is 2.20. The number of ether oxygens (including phenoxy) is 1. The second kappa shape index (κ2) is 5.71. The molecule has 0 radical (unpaired) electrons. The molecule has 1 fully saturated rings. The lowest BCUT2D eigenvalue weighted by Crippen LogP contribution is -2.02. The minimum Gasteiger partial charge on any atom is -0.480 e. The molecule has 2 aromatic heterocycles. The number of hydrogen-bond donors (Lipinski definition) is 0. The Bertz CT molecular complexity index is 597. The number of nitrogens with zero attached hydrogens (tertiary/aromatic N) is 4. The topological polar surface area (TPSA) is 60.8 Å². The SMILES string of the molecule is COc1ccc(-c2nc(Cl)cc(C3CCCC3)n2)nn1. The molecular weight excluding hydrogens is 276 g/mol. The van der Waals surface area contributed by atoms with Gasteiger partial charge in [0.1, 0.15) is 10.8 Å². The Kier molecular flexibility index (Phi) is 3.78. The Morgan fingerprint density at radius 2 is 1.95 bits per heavy atom. The van der Waals surface area contributed by atoms with Crippen LogP contribution in [0.1, 0.15) is 37.3 Å². The molecule has 1 aliphatic carbocycles. The fourth-order valence-electron chi connectivity index (χ4n) is 2.53. The molecule has 0 spiro atoms. The second-order valence-electron chi connectivity index (χ2n) is 4.88. The van der Waals surface area contributed by atoms with Crippen LogP contribution in [0.25, 0.3) is 11.5 Å². The van der Waals surface area contributed by atoms with E-state index >= 15 is 0 Å². The lowest BCUT2D eigenvalue weighted by atomic mass is 10.0. The number of aromatic nitrogens is 4. The first-order valence-electron chi connectivity index (χ1n) is 6.69. The summed E-state index contributed by atoms with van der Waals surface area (Å²) >= 11 is 6.11. The molecule has 1 aliphatic rings. The number of hydrogen-bond acceptors (Lipinski definition) is 5. The molecule has 2 heterocycles. The standard InChI is InChI=1S/C14H15ClN4O/c1-20-13-7-6-10(18-19-13)14-16-11(8-12(15)17-14)9-4-2-3-5-9/h6-9H,2-5H2,1H3. The third kappa shape index (κ3) is 2.72. The van der Waals surface area contributed by atoms with Gasteiger partial charge in [-0.2, -0.15) is 0 Å². The fraction of sp³-hybridized carbons (Fsp3) is 0.429. The van der Waals surface area contributed by atoms with E-state index in [4.69, 9.17) is 16.3 Å². The summed E-state index contributed by atoms with van der Waals surface area (Å²) in [5.41, 5.74) is 1.61. The summed E-state index contributed by atoms with van der Waals surface area (Å²) in [6, 6.07) is 5.38. The van der Waals surface area contributed by atoms with Crippen LogP contribution in [0.2, 0.25) is 5.15 Å². The summed E-state index contributed by atoms with van der Waals surface area (Å²) < 4.78 is 4.99.